The highest BCUT2D eigenvalue weighted by molar-refractivity contribution is 6.31. The highest BCUT2D eigenvalue weighted by atomic mass is 35.5. The van der Waals surface area contributed by atoms with Gasteiger partial charge in [-0.3, -0.25) is 0 Å². The summed E-state index contributed by atoms with van der Waals surface area (Å²) < 4.78 is 0. The lowest BCUT2D eigenvalue weighted by molar-refractivity contribution is 0.474. The van der Waals surface area contributed by atoms with E-state index in [1.165, 1.54) is 0 Å². The molecule has 15 heavy (non-hydrogen) atoms. The zero-order valence-electron chi connectivity index (χ0n) is 8.15. The van der Waals surface area contributed by atoms with E-state index in [0.29, 0.717) is 5.75 Å². The van der Waals surface area contributed by atoms with E-state index in [1.54, 1.807) is 12.1 Å². The van der Waals surface area contributed by atoms with Gasteiger partial charge in [-0.15, -0.1) is 0 Å². The van der Waals surface area contributed by atoms with Crippen molar-refractivity contribution in [2.45, 2.75) is 6.42 Å². The lowest BCUT2D eigenvalue weighted by Gasteiger charge is -2.04. The molecule has 0 heterocycles. The Morgan fingerprint density at radius 2 is 1.80 bits per heavy atom. The Morgan fingerprint density at radius 3 is 2.53 bits per heavy atom. The maximum atomic E-state index is 9.33. The predicted octanol–water partition coefficient (Wildman–Crippen LogP) is 3.64. The van der Waals surface area contributed by atoms with Crippen LogP contribution in [0.3, 0.4) is 0 Å². The standard InChI is InChI=1S/C13H11ClO/c14-13-7-2-1-5-11(13)8-10-4-3-6-12(15)9-10/h1-7,9,15H,8H2. The maximum Gasteiger partial charge on any atom is 0.115 e. The monoisotopic (exact) mass is 218 g/mol. The van der Waals surface area contributed by atoms with Gasteiger partial charge in [0.15, 0.2) is 0 Å². The smallest absolute Gasteiger partial charge is 0.115 e. The van der Waals surface area contributed by atoms with Crippen LogP contribution in [-0.2, 0) is 6.42 Å². The number of halogens is 1. The van der Waals surface area contributed by atoms with Crippen LogP contribution < -0.4 is 0 Å². The second kappa shape index (κ2) is 4.37. The van der Waals surface area contributed by atoms with E-state index in [9.17, 15) is 5.11 Å². The van der Waals surface area contributed by atoms with Gasteiger partial charge in [0.25, 0.3) is 0 Å². The minimum absolute atomic E-state index is 0.291. The van der Waals surface area contributed by atoms with Gasteiger partial charge in [0, 0.05) is 5.02 Å². The molecule has 0 aliphatic heterocycles. The Balaban J connectivity index is 2.26. The Kier molecular flexibility index (Phi) is 2.93. The summed E-state index contributed by atoms with van der Waals surface area (Å²) in [6.07, 6.45) is 0.744. The highest BCUT2D eigenvalue weighted by Crippen LogP contribution is 2.20. The number of hydrogen-bond acceptors (Lipinski definition) is 1. The molecular formula is C13H11ClO. The van der Waals surface area contributed by atoms with E-state index < -0.39 is 0 Å². The van der Waals surface area contributed by atoms with Crippen molar-refractivity contribution < 1.29 is 5.11 Å². The van der Waals surface area contributed by atoms with Crippen molar-refractivity contribution in [3.05, 3.63) is 64.7 Å². The number of aromatic hydroxyl groups is 1. The van der Waals surface area contributed by atoms with E-state index in [-0.39, 0.29) is 0 Å². The summed E-state index contributed by atoms with van der Waals surface area (Å²) in [6, 6.07) is 15.0. The van der Waals surface area contributed by atoms with Crippen LogP contribution in [-0.4, -0.2) is 5.11 Å². The van der Waals surface area contributed by atoms with Gasteiger partial charge >= 0.3 is 0 Å². The van der Waals surface area contributed by atoms with Gasteiger partial charge in [-0.2, -0.15) is 0 Å². The topological polar surface area (TPSA) is 20.2 Å². The number of rotatable bonds is 2. The molecule has 0 unspecified atom stereocenters. The van der Waals surface area contributed by atoms with Crippen molar-refractivity contribution in [3.63, 3.8) is 0 Å². The molecule has 2 rings (SSSR count). The SMILES string of the molecule is Oc1cccc(Cc2ccccc2Cl)c1. The van der Waals surface area contributed by atoms with Crippen LogP contribution in [0, 0.1) is 0 Å². The molecule has 0 fully saturated rings. The minimum Gasteiger partial charge on any atom is -0.508 e. The summed E-state index contributed by atoms with van der Waals surface area (Å²) in [6.45, 7) is 0. The quantitative estimate of drug-likeness (QED) is 0.816. The molecule has 76 valence electrons. The third kappa shape index (κ3) is 2.51. The summed E-state index contributed by atoms with van der Waals surface area (Å²) in [5.41, 5.74) is 2.13. The fraction of sp³-hybridized carbons (Fsp3) is 0.0769. The molecule has 0 bridgehead atoms. The van der Waals surface area contributed by atoms with E-state index in [4.69, 9.17) is 11.6 Å². The first-order valence-corrected chi connectivity index (χ1v) is 5.15. The van der Waals surface area contributed by atoms with E-state index in [2.05, 4.69) is 0 Å². The number of phenols is 1. The Hall–Kier alpha value is -1.47. The van der Waals surface area contributed by atoms with Gasteiger partial charge in [-0.25, -0.2) is 0 Å². The highest BCUT2D eigenvalue weighted by Gasteiger charge is 2.01. The van der Waals surface area contributed by atoms with Crippen LogP contribution in [0.5, 0.6) is 5.75 Å². The number of benzene rings is 2. The average Bonchev–Trinajstić information content (AvgIpc) is 2.22. The van der Waals surface area contributed by atoms with Crippen molar-refractivity contribution >= 4 is 11.6 Å². The second-order valence-electron chi connectivity index (χ2n) is 3.44. The van der Waals surface area contributed by atoms with Crippen molar-refractivity contribution in [1.29, 1.82) is 0 Å². The molecule has 1 nitrogen and oxygen atoms in total. The van der Waals surface area contributed by atoms with Crippen LogP contribution in [0.25, 0.3) is 0 Å². The van der Waals surface area contributed by atoms with Crippen LogP contribution in [0.15, 0.2) is 48.5 Å². The fourth-order valence-corrected chi connectivity index (χ4v) is 1.73. The minimum atomic E-state index is 0.291. The molecule has 0 aliphatic carbocycles. The molecule has 0 amide bonds. The molecule has 2 heteroatoms. The molecule has 2 aromatic carbocycles. The van der Waals surface area contributed by atoms with E-state index in [0.717, 1.165) is 22.6 Å². The lowest BCUT2D eigenvalue weighted by Crippen LogP contribution is -1.88. The lowest BCUT2D eigenvalue weighted by atomic mass is 10.0. The number of hydrogen-bond donors (Lipinski definition) is 1. The first-order valence-electron chi connectivity index (χ1n) is 4.77. The van der Waals surface area contributed by atoms with Crippen LogP contribution in [0.1, 0.15) is 11.1 Å². The summed E-state index contributed by atoms with van der Waals surface area (Å²) >= 11 is 6.05. The second-order valence-corrected chi connectivity index (χ2v) is 3.85. The predicted molar refractivity (Wildman–Crippen MR) is 62.4 cm³/mol. The van der Waals surface area contributed by atoms with Crippen LogP contribution in [0.2, 0.25) is 5.02 Å². The van der Waals surface area contributed by atoms with Crippen LogP contribution in [0.4, 0.5) is 0 Å². The maximum absolute atomic E-state index is 9.33. The van der Waals surface area contributed by atoms with Crippen molar-refractivity contribution in [2.75, 3.05) is 0 Å². The molecule has 0 aromatic heterocycles. The van der Waals surface area contributed by atoms with Gasteiger partial charge in [-0.05, 0) is 35.7 Å². The largest absolute Gasteiger partial charge is 0.508 e. The molecular weight excluding hydrogens is 208 g/mol. The molecule has 0 spiro atoms. The zero-order valence-corrected chi connectivity index (χ0v) is 8.91. The molecule has 0 radical (unpaired) electrons. The van der Waals surface area contributed by atoms with Crippen LogP contribution >= 0.6 is 11.6 Å². The summed E-state index contributed by atoms with van der Waals surface area (Å²) in [4.78, 5) is 0. The normalized spacial score (nSPS) is 10.2. The molecule has 0 aliphatic rings. The van der Waals surface area contributed by atoms with E-state index >= 15 is 0 Å². The number of phenolic OH excluding ortho intramolecular Hbond substituents is 1. The summed E-state index contributed by atoms with van der Waals surface area (Å²) in [5, 5.41) is 10.1. The molecule has 0 atom stereocenters. The Morgan fingerprint density at radius 1 is 1.00 bits per heavy atom. The molecule has 1 N–H and O–H groups in total. The van der Waals surface area contributed by atoms with Gasteiger partial charge in [-0.1, -0.05) is 41.9 Å². The first kappa shape index (κ1) is 10.1. The average molecular weight is 219 g/mol. The van der Waals surface area contributed by atoms with Crippen molar-refractivity contribution in [3.8, 4) is 5.75 Å². The Labute approximate surface area is 94.0 Å². The van der Waals surface area contributed by atoms with Crippen molar-refractivity contribution in [1.82, 2.24) is 0 Å². The molecule has 0 saturated heterocycles. The summed E-state index contributed by atoms with van der Waals surface area (Å²) in [5.74, 6) is 0.291. The molecule has 2 aromatic rings. The van der Waals surface area contributed by atoms with E-state index in [1.807, 2.05) is 36.4 Å². The fourth-order valence-electron chi connectivity index (χ4n) is 1.53. The third-order valence-corrected chi connectivity index (χ3v) is 2.63. The Bertz CT molecular complexity index is 466. The van der Waals surface area contributed by atoms with Gasteiger partial charge in [0.2, 0.25) is 0 Å². The molecule has 0 saturated carbocycles. The van der Waals surface area contributed by atoms with Gasteiger partial charge in [0.1, 0.15) is 5.75 Å². The first-order chi connectivity index (χ1) is 7.25. The van der Waals surface area contributed by atoms with Gasteiger partial charge < -0.3 is 5.11 Å². The third-order valence-electron chi connectivity index (χ3n) is 2.26. The zero-order chi connectivity index (χ0) is 10.7. The van der Waals surface area contributed by atoms with Crippen molar-refractivity contribution in [2.24, 2.45) is 0 Å². The summed E-state index contributed by atoms with van der Waals surface area (Å²) in [7, 11) is 0. The van der Waals surface area contributed by atoms with Gasteiger partial charge in [0.05, 0.1) is 0 Å².